The molecule has 0 bridgehead atoms. The average Bonchev–Trinajstić information content (AvgIpc) is 3.12. The largest absolute Gasteiger partial charge is 0.291 e. The summed E-state index contributed by atoms with van der Waals surface area (Å²) in [5.41, 5.74) is 1.26. The SMILES string of the molecule is N#CC1(CCN2C(=O)c3ccccc3C2=O)c2ccccc2C=CN1C(=O)c1ccccc1. The summed E-state index contributed by atoms with van der Waals surface area (Å²) in [6.45, 7) is 0.000645. The number of fused-ring (bicyclic) bond motifs is 2. The fourth-order valence-corrected chi connectivity index (χ4v) is 4.53. The van der Waals surface area contributed by atoms with E-state index < -0.39 is 5.54 Å². The molecule has 0 saturated heterocycles. The van der Waals surface area contributed by atoms with E-state index in [1.165, 1.54) is 4.90 Å². The number of nitriles is 1. The number of rotatable bonds is 4. The molecule has 2 aliphatic rings. The van der Waals surface area contributed by atoms with Gasteiger partial charge in [-0.1, -0.05) is 54.6 Å². The number of hydrogen-bond donors (Lipinski definition) is 0. The minimum absolute atomic E-state index is 0.000645. The standard InChI is InChI=1S/C27H19N3O3/c28-18-27(15-17-29-25(32)21-11-5-6-12-22(21)26(29)33)23-13-7-4-8-19(23)14-16-30(27)24(31)20-9-2-1-3-10-20/h1-14,16H,15,17H2. The van der Waals surface area contributed by atoms with Crippen molar-refractivity contribution in [2.45, 2.75) is 12.0 Å². The normalized spacial score (nSPS) is 18.6. The Bertz CT molecular complexity index is 1320. The third-order valence-corrected chi connectivity index (χ3v) is 6.22. The van der Waals surface area contributed by atoms with Gasteiger partial charge in [0, 0.05) is 24.7 Å². The van der Waals surface area contributed by atoms with Gasteiger partial charge in [-0.2, -0.15) is 5.26 Å². The van der Waals surface area contributed by atoms with Crippen molar-refractivity contribution in [1.82, 2.24) is 9.80 Å². The minimum atomic E-state index is -1.38. The molecule has 33 heavy (non-hydrogen) atoms. The number of nitrogens with zero attached hydrogens (tertiary/aromatic N) is 3. The summed E-state index contributed by atoms with van der Waals surface area (Å²) in [6.07, 6.45) is 3.49. The topological polar surface area (TPSA) is 81.5 Å². The zero-order valence-corrected chi connectivity index (χ0v) is 17.6. The highest BCUT2D eigenvalue weighted by atomic mass is 16.2. The first-order chi connectivity index (χ1) is 16.1. The van der Waals surface area contributed by atoms with Crippen molar-refractivity contribution in [1.29, 1.82) is 5.26 Å². The van der Waals surface area contributed by atoms with Crippen molar-refractivity contribution in [3.8, 4) is 6.07 Å². The molecule has 3 aromatic carbocycles. The summed E-state index contributed by atoms with van der Waals surface area (Å²) in [7, 11) is 0. The molecular weight excluding hydrogens is 414 g/mol. The van der Waals surface area contributed by atoms with Gasteiger partial charge in [-0.3, -0.25) is 24.2 Å². The lowest BCUT2D eigenvalue weighted by atomic mass is 9.80. The van der Waals surface area contributed by atoms with E-state index in [1.54, 1.807) is 60.8 Å². The second-order valence-electron chi connectivity index (χ2n) is 7.97. The molecule has 1 unspecified atom stereocenters. The van der Waals surface area contributed by atoms with E-state index >= 15 is 0 Å². The zero-order valence-electron chi connectivity index (χ0n) is 17.6. The van der Waals surface area contributed by atoms with Crippen molar-refractivity contribution in [2.75, 3.05) is 6.54 Å². The molecular formula is C27H19N3O3. The van der Waals surface area contributed by atoms with Crippen LogP contribution in [0.2, 0.25) is 0 Å². The van der Waals surface area contributed by atoms with Crippen LogP contribution in [0.25, 0.3) is 6.08 Å². The Labute approximate surface area is 191 Å². The summed E-state index contributed by atoms with van der Waals surface area (Å²) in [4.78, 5) is 41.8. The van der Waals surface area contributed by atoms with Gasteiger partial charge < -0.3 is 0 Å². The molecule has 3 amide bonds. The van der Waals surface area contributed by atoms with Crippen LogP contribution >= 0.6 is 0 Å². The van der Waals surface area contributed by atoms with E-state index in [9.17, 15) is 19.6 Å². The maximum atomic E-state index is 13.5. The van der Waals surface area contributed by atoms with Crippen LogP contribution in [-0.4, -0.2) is 34.1 Å². The molecule has 0 fully saturated rings. The van der Waals surface area contributed by atoms with Crippen molar-refractivity contribution in [3.05, 3.63) is 113 Å². The second-order valence-corrected chi connectivity index (χ2v) is 7.97. The summed E-state index contributed by atoms with van der Waals surface area (Å²) in [5, 5.41) is 10.5. The van der Waals surface area contributed by atoms with E-state index in [0.29, 0.717) is 22.3 Å². The van der Waals surface area contributed by atoms with Crippen LogP contribution < -0.4 is 0 Å². The first-order valence-corrected chi connectivity index (χ1v) is 10.6. The highest BCUT2D eigenvalue weighted by molar-refractivity contribution is 6.21. The zero-order chi connectivity index (χ0) is 23.0. The Hall–Kier alpha value is -4.50. The molecule has 0 aliphatic carbocycles. The maximum absolute atomic E-state index is 13.5. The quantitative estimate of drug-likeness (QED) is 0.577. The molecule has 160 valence electrons. The highest BCUT2D eigenvalue weighted by Gasteiger charge is 2.46. The van der Waals surface area contributed by atoms with Crippen molar-refractivity contribution in [3.63, 3.8) is 0 Å². The van der Waals surface area contributed by atoms with Crippen LogP contribution in [0.1, 0.15) is 48.6 Å². The lowest BCUT2D eigenvalue weighted by molar-refractivity contribution is 0.0595. The molecule has 6 nitrogen and oxygen atoms in total. The van der Waals surface area contributed by atoms with Crippen molar-refractivity contribution in [2.24, 2.45) is 0 Å². The van der Waals surface area contributed by atoms with Crippen molar-refractivity contribution < 1.29 is 14.4 Å². The van der Waals surface area contributed by atoms with Gasteiger partial charge in [0.05, 0.1) is 17.2 Å². The lowest BCUT2D eigenvalue weighted by Crippen LogP contribution is -2.49. The fraction of sp³-hybridized carbons (Fsp3) is 0.111. The predicted molar refractivity (Wildman–Crippen MR) is 122 cm³/mol. The highest BCUT2D eigenvalue weighted by Crippen LogP contribution is 2.40. The number of imide groups is 1. The van der Waals surface area contributed by atoms with Gasteiger partial charge in [0.1, 0.15) is 0 Å². The van der Waals surface area contributed by atoms with E-state index in [1.807, 2.05) is 30.3 Å². The van der Waals surface area contributed by atoms with Gasteiger partial charge in [0.15, 0.2) is 5.54 Å². The third kappa shape index (κ3) is 3.14. The third-order valence-electron chi connectivity index (χ3n) is 6.22. The Kier molecular flexibility index (Phi) is 4.87. The van der Waals surface area contributed by atoms with Crippen LogP contribution in [0, 0.1) is 11.3 Å². The van der Waals surface area contributed by atoms with Crippen LogP contribution in [0.4, 0.5) is 0 Å². The van der Waals surface area contributed by atoms with Crippen LogP contribution in [0.3, 0.4) is 0 Å². The van der Waals surface area contributed by atoms with E-state index in [0.717, 1.165) is 10.5 Å². The Morgan fingerprint density at radius 3 is 2.12 bits per heavy atom. The molecule has 6 heteroatoms. The molecule has 0 N–H and O–H groups in total. The van der Waals surface area contributed by atoms with Gasteiger partial charge in [-0.15, -0.1) is 0 Å². The number of carbonyl (C=O) groups excluding carboxylic acids is 3. The van der Waals surface area contributed by atoms with Gasteiger partial charge in [-0.05, 0) is 41.5 Å². The molecule has 0 saturated carbocycles. The first kappa shape index (κ1) is 20.4. The summed E-state index contributed by atoms with van der Waals surface area (Å²) in [6, 6.07) is 25.2. The summed E-state index contributed by atoms with van der Waals surface area (Å²) >= 11 is 0. The van der Waals surface area contributed by atoms with E-state index in [4.69, 9.17) is 0 Å². The van der Waals surface area contributed by atoms with Crippen LogP contribution in [-0.2, 0) is 5.54 Å². The smallest absolute Gasteiger partial charge is 0.261 e. The van der Waals surface area contributed by atoms with Crippen LogP contribution in [0.15, 0.2) is 85.1 Å². The van der Waals surface area contributed by atoms with E-state index in [2.05, 4.69) is 6.07 Å². The average molecular weight is 433 g/mol. The van der Waals surface area contributed by atoms with Gasteiger partial charge in [0.25, 0.3) is 17.7 Å². The predicted octanol–water partition coefficient (Wildman–Crippen LogP) is 4.22. The van der Waals surface area contributed by atoms with E-state index in [-0.39, 0.29) is 30.7 Å². The molecule has 5 rings (SSSR count). The van der Waals surface area contributed by atoms with Gasteiger partial charge in [0.2, 0.25) is 0 Å². The maximum Gasteiger partial charge on any atom is 0.261 e. The molecule has 3 aromatic rings. The Morgan fingerprint density at radius 2 is 1.45 bits per heavy atom. The number of amides is 3. The number of hydrogen-bond acceptors (Lipinski definition) is 4. The molecule has 1 atom stereocenters. The molecule has 0 spiro atoms. The lowest BCUT2D eigenvalue weighted by Gasteiger charge is -2.41. The molecule has 0 radical (unpaired) electrons. The second kappa shape index (κ2) is 7.88. The Balaban J connectivity index is 1.54. The first-order valence-electron chi connectivity index (χ1n) is 10.6. The van der Waals surface area contributed by atoms with Crippen LogP contribution in [0.5, 0.6) is 0 Å². The Morgan fingerprint density at radius 1 is 0.848 bits per heavy atom. The minimum Gasteiger partial charge on any atom is -0.291 e. The molecule has 2 aliphatic heterocycles. The van der Waals surface area contributed by atoms with Crippen molar-refractivity contribution >= 4 is 23.8 Å². The molecule has 2 heterocycles. The fourth-order valence-electron chi connectivity index (χ4n) is 4.53. The van der Waals surface area contributed by atoms with Gasteiger partial charge >= 0.3 is 0 Å². The summed E-state index contributed by atoms with van der Waals surface area (Å²) < 4.78 is 0. The monoisotopic (exact) mass is 433 g/mol. The van der Waals surface area contributed by atoms with Gasteiger partial charge in [-0.25, -0.2) is 0 Å². The number of carbonyl (C=O) groups is 3. The molecule has 0 aromatic heterocycles. The summed E-state index contributed by atoms with van der Waals surface area (Å²) in [5.74, 6) is -1.10. The number of benzene rings is 3.